The first kappa shape index (κ1) is 52.4. The second kappa shape index (κ2) is 38.3. The maximum absolute atomic E-state index is 12.6. The molecule has 0 rings (SSSR count). The third-order valence-electron chi connectivity index (χ3n) is 8.27. The van der Waals surface area contributed by atoms with E-state index in [0.29, 0.717) is 25.7 Å². The van der Waals surface area contributed by atoms with E-state index in [1.807, 2.05) is 12.2 Å². The molecule has 0 aliphatic carbocycles. The maximum atomic E-state index is 12.6. The van der Waals surface area contributed by atoms with E-state index in [2.05, 4.69) is 38.2 Å². The van der Waals surface area contributed by atoms with Gasteiger partial charge in [-0.25, -0.2) is 4.57 Å². The molecule has 0 saturated carbocycles. The summed E-state index contributed by atoms with van der Waals surface area (Å²) in [4.78, 5) is 34.8. The molecule has 0 aromatic heterocycles. The summed E-state index contributed by atoms with van der Waals surface area (Å²) in [6.45, 7) is 3.25. The number of hydrogen-bond acceptors (Lipinski definition) is 10. The number of nitrogens with two attached hydrogens (primary N) is 1. The zero-order chi connectivity index (χ0) is 40.7. The zero-order valence-corrected chi connectivity index (χ0v) is 34.7. The number of unbranched alkanes of at least 4 members (excludes halogenated alkanes) is 11. The lowest BCUT2D eigenvalue weighted by molar-refractivity contribution is -0.161. The first-order valence-electron chi connectivity index (χ1n) is 20.6. The Hall–Kier alpha value is -2.63. The summed E-state index contributed by atoms with van der Waals surface area (Å²) in [5, 5.41) is 20.3. The molecule has 11 nitrogen and oxygen atoms in total. The standard InChI is InChI=1S/C43H74NO10P/c1-3-5-7-9-11-12-13-14-15-16-17-18-19-21-27-33-42(47)51-37-41(38-53-55(49,50)52-36-35-44)54-43(48)34-28-32-40(46)31-26-23-22-25-30-39(45)29-24-20-10-8-6-4-2/h6,8,14-15,20,22-26,30-31,39-41,45-46H,3-5,7,9-13,16-19,21,27-29,32-38,44H2,1-2H3,(H,49,50)/b8-6-,15-14-,23-22-,24-20-,30-25+,31-26+. The Kier molecular flexibility index (Phi) is 36.4. The lowest BCUT2D eigenvalue weighted by atomic mass is 10.1. The van der Waals surface area contributed by atoms with Crippen molar-refractivity contribution in [2.24, 2.45) is 5.73 Å². The largest absolute Gasteiger partial charge is 0.472 e. The average molecular weight is 796 g/mol. The number of hydrogen-bond donors (Lipinski definition) is 4. The summed E-state index contributed by atoms with van der Waals surface area (Å²) >= 11 is 0. The Morgan fingerprint density at radius 1 is 0.673 bits per heavy atom. The highest BCUT2D eigenvalue weighted by atomic mass is 31.2. The lowest BCUT2D eigenvalue weighted by Gasteiger charge is -2.20. The van der Waals surface area contributed by atoms with Crippen LogP contribution in [0, 0.1) is 0 Å². The van der Waals surface area contributed by atoms with Crippen LogP contribution in [0.2, 0.25) is 0 Å². The number of carbonyl (C=O) groups excluding carboxylic acids is 2. The first-order chi connectivity index (χ1) is 26.6. The fraction of sp³-hybridized carbons (Fsp3) is 0.674. The normalized spacial score (nSPS) is 15.2. The van der Waals surface area contributed by atoms with Crippen molar-refractivity contribution < 1.29 is 47.8 Å². The molecule has 0 radical (unpaired) electrons. The number of phosphoric ester groups is 1. The summed E-state index contributed by atoms with van der Waals surface area (Å²) in [6.07, 6.45) is 38.5. The highest BCUT2D eigenvalue weighted by Gasteiger charge is 2.26. The maximum Gasteiger partial charge on any atom is 0.472 e. The van der Waals surface area contributed by atoms with Crippen LogP contribution in [0.15, 0.2) is 72.9 Å². The molecule has 0 fully saturated rings. The van der Waals surface area contributed by atoms with Crippen LogP contribution in [0.4, 0.5) is 0 Å². The molecule has 0 spiro atoms. The first-order valence-corrected chi connectivity index (χ1v) is 22.1. The molecule has 0 aliphatic rings. The Morgan fingerprint density at radius 3 is 1.93 bits per heavy atom. The van der Waals surface area contributed by atoms with E-state index < -0.39 is 44.7 Å². The number of ether oxygens (including phenoxy) is 2. The van der Waals surface area contributed by atoms with Crippen LogP contribution in [-0.2, 0) is 32.7 Å². The number of aliphatic hydroxyl groups is 2. The highest BCUT2D eigenvalue weighted by molar-refractivity contribution is 7.47. The Bertz CT molecular complexity index is 1170. The smallest absolute Gasteiger partial charge is 0.462 e. The average Bonchev–Trinajstić information content (AvgIpc) is 3.16. The predicted molar refractivity (Wildman–Crippen MR) is 222 cm³/mol. The number of rotatable bonds is 37. The minimum Gasteiger partial charge on any atom is -0.462 e. The molecule has 0 heterocycles. The van der Waals surface area contributed by atoms with Crippen molar-refractivity contribution >= 4 is 19.8 Å². The van der Waals surface area contributed by atoms with Gasteiger partial charge in [-0.15, -0.1) is 0 Å². The number of phosphoric acid groups is 1. The van der Waals surface area contributed by atoms with E-state index in [0.717, 1.165) is 51.4 Å². The SMILES string of the molecule is CC/C=C\C/C=C\CC(O)/C=C/C=C\C=C\C(O)CCCC(=O)OC(COC(=O)CCCCCCC/C=C\CCCCCCCC)COP(=O)(O)OCCN. The van der Waals surface area contributed by atoms with E-state index in [-0.39, 0.29) is 32.6 Å². The fourth-order valence-electron chi connectivity index (χ4n) is 5.16. The fourth-order valence-corrected chi connectivity index (χ4v) is 5.92. The van der Waals surface area contributed by atoms with Crippen LogP contribution >= 0.6 is 7.82 Å². The summed E-state index contributed by atoms with van der Waals surface area (Å²) in [5.41, 5.74) is 5.32. The van der Waals surface area contributed by atoms with Gasteiger partial charge >= 0.3 is 19.8 Å². The molecule has 55 heavy (non-hydrogen) atoms. The van der Waals surface area contributed by atoms with Crippen LogP contribution < -0.4 is 5.73 Å². The second-order valence-corrected chi connectivity index (χ2v) is 15.0. The molecular formula is C43H74NO10P. The molecule has 4 unspecified atom stereocenters. The van der Waals surface area contributed by atoms with Crippen LogP contribution in [0.3, 0.4) is 0 Å². The van der Waals surface area contributed by atoms with Gasteiger partial charge in [0.1, 0.15) is 6.61 Å². The molecule has 0 saturated heterocycles. The quantitative estimate of drug-likeness (QED) is 0.0155. The molecule has 316 valence electrons. The molecule has 0 aromatic carbocycles. The van der Waals surface area contributed by atoms with Gasteiger partial charge in [-0.2, -0.15) is 0 Å². The van der Waals surface area contributed by atoms with Gasteiger partial charge in [0.25, 0.3) is 0 Å². The van der Waals surface area contributed by atoms with Crippen molar-refractivity contribution in [3.63, 3.8) is 0 Å². The number of allylic oxidation sites excluding steroid dienone is 9. The topological polar surface area (TPSA) is 175 Å². The monoisotopic (exact) mass is 796 g/mol. The molecule has 0 aromatic rings. The van der Waals surface area contributed by atoms with Crippen LogP contribution in [-0.4, -0.2) is 71.7 Å². The highest BCUT2D eigenvalue weighted by Crippen LogP contribution is 2.43. The molecular weight excluding hydrogens is 721 g/mol. The van der Waals surface area contributed by atoms with E-state index in [9.17, 15) is 29.3 Å². The second-order valence-electron chi connectivity index (χ2n) is 13.5. The summed E-state index contributed by atoms with van der Waals surface area (Å²) in [6, 6.07) is 0. The van der Waals surface area contributed by atoms with Crippen molar-refractivity contribution in [2.75, 3.05) is 26.4 Å². The van der Waals surface area contributed by atoms with Gasteiger partial charge < -0.3 is 30.3 Å². The zero-order valence-electron chi connectivity index (χ0n) is 33.9. The van der Waals surface area contributed by atoms with Gasteiger partial charge in [0, 0.05) is 19.4 Å². The van der Waals surface area contributed by atoms with Crippen LogP contribution in [0.5, 0.6) is 0 Å². The van der Waals surface area contributed by atoms with Gasteiger partial charge in [-0.1, -0.05) is 138 Å². The van der Waals surface area contributed by atoms with Crippen molar-refractivity contribution in [3.8, 4) is 0 Å². The molecule has 12 heteroatoms. The van der Waals surface area contributed by atoms with Crippen LogP contribution in [0.1, 0.15) is 142 Å². The van der Waals surface area contributed by atoms with E-state index in [1.165, 1.54) is 38.5 Å². The molecule has 0 aliphatic heterocycles. The van der Waals surface area contributed by atoms with Gasteiger partial charge in [0.2, 0.25) is 0 Å². The van der Waals surface area contributed by atoms with Crippen molar-refractivity contribution in [1.29, 1.82) is 0 Å². The Morgan fingerprint density at radius 2 is 1.27 bits per heavy atom. The molecule has 5 N–H and O–H groups in total. The van der Waals surface area contributed by atoms with Gasteiger partial charge in [0.15, 0.2) is 6.10 Å². The third-order valence-corrected chi connectivity index (χ3v) is 9.25. The van der Waals surface area contributed by atoms with Crippen molar-refractivity contribution in [2.45, 2.75) is 161 Å². The number of carbonyl (C=O) groups is 2. The lowest BCUT2D eigenvalue weighted by Crippen LogP contribution is -2.29. The summed E-state index contributed by atoms with van der Waals surface area (Å²) < 4.78 is 32.5. The van der Waals surface area contributed by atoms with Gasteiger partial charge in [-0.05, 0) is 64.2 Å². The van der Waals surface area contributed by atoms with E-state index >= 15 is 0 Å². The van der Waals surface area contributed by atoms with E-state index in [1.54, 1.807) is 36.5 Å². The van der Waals surface area contributed by atoms with Gasteiger partial charge in [-0.3, -0.25) is 18.6 Å². The third kappa shape index (κ3) is 38.0. The Labute approximate surface area is 332 Å². The van der Waals surface area contributed by atoms with E-state index in [4.69, 9.17) is 24.3 Å². The van der Waals surface area contributed by atoms with Crippen molar-refractivity contribution in [1.82, 2.24) is 0 Å². The number of esters is 2. The minimum atomic E-state index is -4.45. The van der Waals surface area contributed by atoms with Crippen LogP contribution in [0.25, 0.3) is 0 Å². The van der Waals surface area contributed by atoms with Gasteiger partial charge in [0.05, 0.1) is 25.4 Å². The Balaban J connectivity index is 4.49. The predicted octanol–water partition coefficient (Wildman–Crippen LogP) is 9.43. The molecule has 0 bridgehead atoms. The summed E-state index contributed by atoms with van der Waals surface area (Å²) in [7, 11) is -4.45. The minimum absolute atomic E-state index is 0.00855. The molecule has 0 amide bonds. The number of aliphatic hydroxyl groups excluding tert-OH is 2. The summed E-state index contributed by atoms with van der Waals surface area (Å²) in [5.74, 6) is -1.09. The van der Waals surface area contributed by atoms with Crippen molar-refractivity contribution in [3.05, 3.63) is 72.9 Å². The molecule has 4 atom stereocenters.